The molecule has 1 aliphatic rings. The molecule has 164 valence electrons. The maximum Gasteiger partial charge on any atom is 0.143 e. The van der Waals surface area contributed by atoms with Crippen LogP contribution in [0.5, 0.6) is 5.75 Å². The summed E-state index contributed by atoms with van der Waals surface area (Å²) in [5.74, 6) is 0.775. The van der Waals surface area contributed by atoms with Crippen LogP contribution in [0.25, 0.3) is 0 Å². The summed E-state index contributed by atoms with van der Waals surface area (Å²) in [4.78, 5) is 0. The van der Waals surface area contributed by atoms with Gasteiger partial charge in [0.25, 0.3) is 0 Å². The van der Waals surface area contributed by atoms with Gasteiger partial charge in [0.15, 0.2) is 0 Å². The van der Waals surface area contributed by atoms with Crippen molar-refractivity contribution in [3.8, 4) is 5.75 Å². The predicted molar refractivity (Wildman–Crippen MR) is 111 cm³/mol. The Morgan fingerprint density at radius 1 is 1.00 bits per heavy atom. The summed E-state index contributed by atoms with van der Waals surface area (Å²) in [5.41, 5.74) is 0.481. The fourth-order valence-electron chi connectivity index (χ4n) is 3.64. The number of hydrogen-bond acceptors (Lipinski definition) is 7. The van der Waals surface area contributed by atoms with Crippen molar-refractivity contribution in [1.29, 1.82) is 0 Å². The van der Waals surface area contributed by atoms with Gasteiger partial charge >= 0.3 is 0 Å². The maximum atomic E-state index is 10.5. The van der Waals surface area contributed by atoms with E-state index in [0.717, 1.165) is 16.9 Å². The highest BCUT2D eigenvalue weighted by molar-refractivity contribution is 6.31. The molecule has 0 amide bonds. The Kier molecular flexibility index (Phi) is 7.36. The van der Waals surface area contributed by atoms with Gasteiger partial charge in [0, 0.05) is 5.02 Å². The minimum absolute atomic E-state index is 0.505. The highest BCUT2D eigenvalue weighted by atomic mass is 35.5. The second-order valence-corrected chi connectivity index (χ2v) is 7.86. The van der Waals surface area contributed by atoms with Gasteiger partial charge in [-0.15, -0.1) is 0 Å². The number of aliphatic hydroxyl groups is 5. The number of ether oxygens (including phenoxy) is 2. The Balaban J connectivity index is 1.88. The molecule has 0 saturated carbocycles. The van der Waals surface area contributed by atoms with Crippen molar-refractivity contribution in [2.75, 3.05) is 19.8 Å². The molecule has 1 saturated heterocycles. The highest BCUT2D eigenvalue weighted by Crippen LogP contribution is 2.39. The largest absolute Gasteiger partial charge is 0.494 e. The van der Waals surface area contributed by atoms with E-state index in [-0.39, 0.29) is 0 Å². The molecule has 3 rings (SSSR count). The van der Waals surface area contributed by atoms with Gasteiger partial charge in [0.1, 0.15) is 35.8 Å². The van der Waals surface area contributed by atoms with Crippen LogP contribution < -0.4 is 4.74 Å². The summed E-state index contributed by atoms with van der Waals surface area (Å²) in [5, 5.41) is 50.8. The Morgan fingerprint density at radius 3 is 2.27 bits per heavy atom. The number of halogens is 1. The minimum Gasteiger partial charge on any atom is -0.494 e. The zero-order chi connectivity index (χ0) is 21.9. The molecule has 8 heteroatoms. The van der Waals surface area contributed by atoms with Gasteiger partial charge < -0.3 is 35.0 Å². The second kappa shape index (κ2) is 9.62. The first-order chi connectivity index (χ1) is 14.3. The molecule has 5 N–H and O–H groups in total. The standard InChI is InChI=1S/C22H27ClO7/c1-2-29-16-6-3-13(4-7-16)9-15-10-14(5-8-17(15)23)20-18(26)19(27)21(28)22(11-24,12-25)30-20/h3-8,10,18-21,24-28H,2,9,11-12H2,1H3/t18-,19-,20+,21+/m1/s1. The van der Waals surface area contributed by atoms with Crippen LogP contribution in [0.4, 0.5) is 0 Å². The Labute approximate surface area is 180 Å². The van der Waals surface area contributed by atoms with Crippen LogP contribution in [0.15, 0.2) is 42.5 Å². The van der Waals surface area contributed by atoms with Gasteiger partial charge in [-0.1, -0.05) is 35.9 Å². The zero-order valence-corrected chi connectivity index (χ0v) is 17.4. The first kappa shape index (κ1) is 23.0. The highest BCUT2D eigenvalue weighted by Gasteiger charge is 2.53. The molecule has 7 nitrogen and oxygen atoms in total. The smallest absolute Gasteiger partial charge is 0.143 e. The molecule has 0 aromatic heterocycles. The normalized spacial score (nSPS) is 25.8. The first-order valence-corrected chi connectivity index (χ1v) is 10.2. The van der Waals surface area contributed by atoms with Gasteiger partial charge in [-0.25, -0.2) is 0 Å². The number of rotatable bonds is 7. The number of aliphatic hydroxyl groups excluding tert-OH is 5. The minimum atomic E-state index is -1.79. The van der Waals surface area contributed by atoms with Gasteiger partial charge in [0.05, 0.1) is 19.8 Å². The second-order valence-electron chi connectivity index (χ2n) is 7.45. The molecule has 0 spiro atoms. The fraction of sp³-hybridized carbons (Fsp3) is 0.455. The molecular formula is C22H27ClO7. The van der Waals surface area contributed by atoms with Gasteiger partial charge in [0.2, 0.25) is 0 Å². The van der Waals surface area contributed by atoms with Crippen LogP contribution in [0.2, 0.25) is 5.02 Å². The molecule has 30 heavy (non-hydrogen) atoms. The molecule has 2 aromatic rings. The third kappa shape index (κ3) is 4.48. The fourth-order valence-corrected chi connectivity index (χ4v) is 3.83. The SMILES string of the molecule is CCOc1ccc(Cc2cc([C@@H]3OC(CO)(CO)[C@@H](O)[C@H](O)[C@H]3O)ccc2Cl)cc1. The lowest BCUT2D eigenvalue weighted by Crippen LogP contribution is -2.65. The van der Waals surface area contributed by atoms with E-state index in [0.29, 0.717) is 23.6 Å². The monoisotopic (exact) mass is 438 g/mol. The van der Waals surface area contributed by atoms with Crippen molar-refractivity contribution in [2.24, 2.45) is 0 Å². The van der Waals surface area contributed by atoms with E-state index in [9.17, 15) is 25.5 Å². The van der Waals surface area contributed by atoms with Crippen LogP contribution in [0, 0.1) is 0 Å². The third-order valence-electron chi connectivity index (χ3n) is 5.45. The molecule has 0 bridgehead atoms. The summed E-state index contributed by atoms with van der Waals surface area (Å²) < 4.78 is 11.2. The van der Waals surface area contributed by atoms with E-state index < -0.39 is 43.2 Å². The third-order valence-corrected chi connectivity index (χ3v) is 5.82. The predicted octanol–water partition coefficient (Wildman–Crippen LogP) is 1.21. The van der Waals surface area contributed by atoms with Crippen LogP contribution in [0.1, 0.15) is 29.7 Å². The van der Waals surface area contributed by atoms with E-state index in [2.05, 4.69) is 0 Å². The summed E-state index contributed by atoms with van der Waals surface area (Å²) in [6.07, 6.45) is -5.26. The van der Waals surface area contributed by atoms with Crippen molar-refractivity contribution in [2.45, 2.75) is 43.4 Å². The molecule has 1 fully saturated rings. The van der Waals surface area contributed by atoms with Gasteiger partial charge in [-0.2, -0.15) is 0 Å². The van der Waals surface area contributed by atoms with Crippen LogP contribution in [-0.2, 0) is 11.2 Å². The molecule has 0 unspecified atom stereocenters. The summed E-state index contributed by atoms with van der Waals surface area (Å²) in [6, 6.07) is 12.7. The van der Waals surface area contributed by atoms with Crippen molar-refractivity contribution in [3.05, 3.63) is 64.2 Å². The quantitative estimate of drug-likeness (QED) is 0.440. The number of hydrogen-bond donors (Lipinski definition) is 5. The number of benzene rings is 2. The molecule has 0 radical (unpaired) electrons. The molecule has 0 aliphatic carbocycles. The van der Waals surface area contributed by atoms with E-state index in [1.807, 2.05) is 31.2 Å². The average molecular weight is 439 g/mol. The van der Waals surface area contributed by atoms with E-state index in [1.54, 1.807) is 18.2 Å². The first-order valence-electron chi connectivity index (χ1n) is 9.79. The van der Waals surface area contributed by atoms with E-state index >= 15 is 0 Å². The summed E-state index contributed by atoms with van der Waals surface area (Å²) in [7, 11) is 0. The van der Waals surface area contributed by atoms with Gasteiger partial charge in [-0.05, 0) is 48.2 Å². The lowest BCUT2D eigenvalue weighted by atomic mass is 9.83. The molecule has 1 aliphatic heterocycles. The van der Waals surface area contributed by atoms with Crippen molar-refractivity contribution >= 4 is 11.6 Å². The summed E-state index contributed by atoms with van der Waals surface area (Å²) in [6.45, 7) is 1.05. The summed E-state index contributed by atoms with van der Waals surface area (Å²) >= 11 is 6.37. The van der Waals surface area contributed by atoms with Crippen molar-refractivity contribution in [3.63, 3.8) is 0 Å². The lowest BCUT2D eigenvalue weighted by molar-refractivity contribution is -0.289. The lowest BCUT2D eigenvalue weighted by Gasteiger charge is -2.47. The van der Waals surface area contributed by atoms with Crippen LogP contribution >= 0.6 is 11.6 Å². The van der Waals surface area contributed by atoms with Gasteiger partial charge in [-0.3, -0.25) is 0 Å². The Hall–Kier alpha value is -1.71. The average Bonchev–Trinajstić information content (AvgIpc) is 2.76. The van der Waals surface area contributed by atoms with E-state index in [4.69, 9.17) is 21.1 Å². The Bertz CT molecular complexity index is 838. The Morgan fingerprint density at radius 2 is 1.67 bits per heavy atom. The maximum absolute atomic E-state index is 10.5. The molecule has 2 aromatic carbocycles. The van der Waals surface area contributed by atoms with Crippen molar-refractivity contribution < 1.29 is 35.0 Å². The van der Waals surface area contributed by atoms with Crippen LogP contribution in [0.3, 0.4) is 0 Å². The molecule has 1 heterocycles. The molecular weight excluding hydrogens is 412 g/mol. The molecule has 4 atom stereocenters. The van der Waals surface area contributed by atoms with E-state index in [1.165, 1.54) is 0 Å². The van der Waals surface area contributed by atoms with Crippen LogP contribution in [-0.4, -0.2) is 69.3 Å². The zero-order valence-electron chi connectivity index (χ0n) is 16.6. The topological polar surface area (TPSA) is 120 Å². The van der Waals surface area contributed by atoms with Crippen molar-refractivity contribution in [1.82, 2.24) is 0 Å².